The van der Waals surface area contributed by atoms with Crippen molar-refractivity contribution in [3.8, 4) is 0 Å². The van der Waals surface area contributed by atoms with Crippen molar-refractivity contribution in [3.05, 3.63) is 18.7 Å². The Kier molecular flexibility index (Phi) is 39.3. The molecular formula is C53H105N2+. The first-order valence-electron chi connectivity index (χ1n) is 26.1. The topological polar surface area (TPSA) is 19.7 Å². The Bertz CT molecular complexity index is 829. The summed E-state index contributed by atoms with van der Waals surface area (Å²) in [6.45, 7) is 11.9. The maximum atomic E-state index is 3.34. The molecular weight excluding hydrogens is 665 g/mol. The van der Waals surface area contributed by atoms with Gasteiger partial charge in [0.25, 0.3) is 0 Å². The van der Waals surface area contributed by atoms with Crippen LogP contribution in [0.2, 0.25) is 0 Å². The van der Waals surface area contributed by atoms with Gasteiger partial charge in [-0.1, -0.05) is 272 Å². The van der Waals surface area contributed by atoms with Crippen molar-refractivity contribution in [1.29, 1.82) is 0 Å². The second-order valence-corrected chi connectivity index (χ2v) is 19.3. The number of aromatic amines is 1. The van der Waals surface area contributed by atoms with Crippen LogP contribution in [0.15, 0.2) is 18.7 Å². The van der Waals surface area contributed by atoms with Crippen LogP contribution in [-0.2, 0) is 0 Å². The summed E-state index contributed by atoms with van der Waals surface area (Å²) >= 11 is 0. The fourth-order valence-electron chi connectivity index (χ4n) is 9.32. The van der Waals surface area contributed by atoms with Gasteiger partial charge in [0.15, 0.2) is 0 Å². The minimum Gasteiger partial charge on any atom is -0.250 e. The molecule has 0 aliphatic heterocycles. The average Bonchev–Trinajstić information content (AvgIpc) is 3.72. The number of hydrogen-bond donors (Lipinski definition) is 1. The second kappa shape index (κ2) is 41.4. The maximum Gasteiger partial charge on any atom is 0.241 e. The van der Waals surface area contributed by atoms with Gasteiger partial charge in [-0.15, -0.1) is 0 Å². The molecule has 0 aliphatic carbocycles. The normalized spacial score (nSPS) is 13.6. The minimum atomic E-state index is 0.670. The summed E-state index contributed by atoms with van der Waals surface area (Å²) in [5, 5.41) is 0. The van der Waals surface area contributed by atoms with E-state index in [1.165, 1.54) is 263 Å². The maximum absolute atomic E-state index is 3.34. The van der Waals surface area contributed by atoms with Crippen molar-refractivity contribution >= 4 is 0 Å². The molecule has 0 fully saturated rings. The third-order valence-corrected chi connectivity index (χ3v) is 13.3. The lowest BCUT2D eigenvalue weighted by atomic mass is 9.88. The first kappa shape index (κ1) is 52.2. The fraction of sp³-hybridized carbons (Fsp3) is 0.943. The van der Waals surface area contributed by atoms with Gasteiger partial charge in [-0.3, -0.25) is 4.98 Å². The summed E-state index contributed by atoms with van der Waals surface area (Å²) < 4.78 is 2.49. The Labute approximate surface area is 348 Å². The number of aromatic nitrogens is 2. The Balaban J connectivity index is 2.32. The molecule has 2 nitrogen and oxygen atoms in total. The molecule has 0 aliphatic rings. The molecule has 0 amide bonds. The summed E-state index contributed by atoms with van der Waals surface area (Å²) in [6.07, 6.45) is 66.3. The summed E-state index contributed by atoms with van der Waals surface area (Å²) in [5.41, 5.74) is 0. The first-order valence-corrected chi connectivity index (χ1v) is 26.1. The Morgan fingerprint density at radius 2 is 0.727 bits per heavy atom. The number of nitrogens with zero attached hydrogens (tertiary/aromatic N) is 1. The molecule has 3 atom stereocenters. The van der Waals surface area contributed by atoms with E-state index in [9.17, 15) is 0 Å². The van der Waals surface area contributed by atoms with Gasteiger partial charge in [0.05, 0.1) is 0 Å². The van der Waals surface area contributed by atoms with Gasteiger partial charge in [-0.25, -0.2) is 4.57 Å². The summed E-state index contributed by atoms with van der Waals surface area (Å²) in [4.78, 5) is 3.34. The predicted molar refractivity (Wildman–Crippen MR) is 248 cm³/mol. The van der Waals surface area contributed by atoms with Crippen LogP contribution in [0.5, 0.6) is 0 Å². The van der Waals surface area contributed by atoms with E-state index in [4.69, 9.17) is 0 Å². The van der Waals surface area contributed by atoms with Crippen LogP contribution in [0.3, 0.4) is 0 Å². The van der Waals surface area contributed by atoms with E-state index in [1.54, 1.807) is 0 Å². The van der Waals surface area contributed by atoms with Gasteiger partial charge in [-0.05, 0) is 43.4 Å². The van der Waals surface area contributed by atoms with Gasteiger partial charge in [0, 0.05) is 0 Å². The van der Waals surface area contributed by atoms with Crippen LogP contribution in [0.1, 0.15) is 304 Å². The van der Waals surface area contributed by atoms with E-state index in [1.807, 2.05) is 0 Å². The summed E-state index contributed by atoms with van der Waals surface area (Å²) in [7, 11) is 0. The number of hydrogen-bond acceptors (Lipinski definition) is 0. The highest BCUT2D eigenvalue weighted by Gasteiger charge is 2.18. The van der Waals surface area contributed by atoms with E-state index in [2.05, 4.69) is 62.9 Å². The molecule has 1 aromatic rings. The standard InChI is InChI=1S/C53H104N2/c1-6-8-10-12-14-16-18-20-22-23-25-27-29-31-33-35-42-52(41-34-32-30-28-26-24-21-19-17-15-13-11-9-7-2)43-36-37-44-53(55-48-47-54-49-55)46-45-51(5)40-38-39-50(3)4/h47-53H,6-46H2,1-5H3/p+1. The Morgan fingerprint density at radius 1 is 0.364 bits per heavy atom. The second-order valence-electron chi connectivity index (χ2n) is 19.3. The molecule has 1 N–H and O–H groups in total. The number of nitrogens with one attached hydrogen (secondary N) is 1. The van der Waals surface area contributed by atoms with Crippen molar-refractivity contribution in [2.45, 2.75) is 304 Å². The lowest BCUT2D eigenvalue weighted by Gasteiger charge is -2.19. The van der Waals surface area contributed by atoms with Gasteiger partial charge >= 0.3 is 0 Å². The zero-order valence-corrected chi connectivity index (χ0v) is 39.0. The van der Waals surface area contributed by atoms with Gasteiger partial charge in [-0.2, -0.15) is 0 Å². The molecule has 0 radical (unpaired) electrons. The van der Waals surface area contributed by atoms with E-state index in [0.717, 1.165) is 17.8 Å². The average molecular weight is 770 g/mol. The van der Waals surface area contributed by atoms with Crippen molar-refractivity contribution in [1.82, 2.24) is 4.98 Å². The highest BCUT2D eigenvalue weighted by Crippen LogP contribution is 2.27. The summed E-state index contributed by atoms with van der Waals surface area (Å²) in [6, 6.07) is 0.670. The fourth-order valence-corrected chi connectivity index (χ4v) is 9.32. The molecule has 0 saturated carbocycles. The minimum absolute atomic E-state index is 0.670. The molecule has 0 saturated heterocycles. The lowest BCUT2D eigenvalue weighted by molar-refractivity contribution is -0.723. The van der Waals surface area contributed by atoms with Crippen molar-refractivity contribution in [2.75, 3.05) is 0 Å². The monoisotopic (exact) mass is 770 g/mol. The first-order chi connectivity index (χ1) is 27.1. The van der Waals surface area contributed by atoms with Crippen LogP contribution >= 0.6 is 0 Å². The molecule has 3 unspecified atom stereocenters. The quantitative estimate of drug-likeness (QED) is 0.0503. The van der Waals surface area contributed by atoms with E-state index >= 15 is 0 Å². The van der Waals surface area contributed by atoms with Gasteiger partial charge < -0.3 is 0 Å². The third kappa shape index (κ3) is 36.1. The van der Waals surface area contributed by atoms with Crippen LogP contribution < -0.4 is 4.57 Å². The van der Waals surface area contributed by atoms with Crippen LogP contribution in [-0.4, -0.2) is 4.98 Å². The molecule has 2 heteroatoms. The summed E-state index contributed by atoms with van der Waals surface area (Å²) in [5.74, 6) is 2.68. The molecule has 0 bridgehead atoms. The van der Waals surface area contributed by atoms with E-state index < -0.39 is 0 Å². The van der Waals surface area contributed by atoms with Gasteiger partial charge in [0.1, 0.15) is 18.4 Å². The number of imidazole rings is 1. The zero-order chi connectivity index (χ0) is 39.7. The van der Waals surface area contributed by atoms with E-state index in [0.29, 0.717) is 6.04 Å². The van der Waals surface area contributed by atoms with Crippen LogP contribution in [0.25, 0.3) is 0 Å². The molecule has 55 heavy (non-hydrogen) atoms. The zero-order valence-electron chi connectivity index (χ0n) is 39.0. The largest absolute Gasteiger partial charge is 0.250 e. The number of unbranched alkanes of at least 4 members (excludes halogenated alkanes) is 29. The molecule has 326 valence electrons. The highest BCUT2D eigenvalue weighted by atomic mass is 15.0. The van der Waals surface area contributed by atoms with Crippen LogP contribution in [0, 0.1) is 17.8 Å². The van der Waals surface area contributed by atoms with Crippen molar-refractivity contribution < 1.29 is 4.57 Å². The predicted octanol–water partition coefficient (Wildman–Crippen LogP) is 18.8. The molecule has 1 heterocycles. The molecule has 1 aromatic heterocycles. The Morgan fingerprint density at radius 3 is 1.09 bits per heavy atom. The molecule has 0 aromatic carbocycles. The van der Waals surface area contributed by atoms with Crippen molar-refractivity contribution in [2.24, 2.45) is 17.8 Å². The smallest absolute Gasteiger partial charge is 0.241 e. The highest BCUT2D eigenvalue weighted by molar-refractivity contribution is 4.66. The number of rotatable bonds is 45. The number of H-pyrrole nitrogens is 1. The van der Waals surface area contributed by atoms with Crippen molar-refractivity contribution in [3.63, 3.8) is 0 Å². The lowest BCUT2D eigenvalue weighted by Crippen LogP contribution is -2.37. The Hall–Kier alpha value is -0.790. The van der Waals surface area contributed by atoms with E-state index in [-0.39, 0.29) is 0 Å². The molecule has 0 spiro atoms. The third-order valence-electron chi connectivity index (χ3n) is 13.3. The SMILES string of the molecule is CCCCCCCCCCCCCCCCCCC(CCCCCCCCCCCCCCCC)CCCCC(CCC(C)CCCC(C)C)[n+]1cc[nH]c1. The molecule has 1 rings (SSSR count). The van der Waals surface area contributed by atoms with Gasteiger partial charge in [0.2, 0.25) is 6.33 Å². The van der Waals surface area contributed by atoms with Crippen LogP contribution in [0.4, 0.5) is 0 Å².